The summed E-state index contributed by atoms with van der Waals surface area (Å²) in [6.07, 6.45) is 0.477. The van der Waals surface area contributed by atoms with Crippen LogP contribution in [0.5, 0.6) is 0 Å². The van der Waals surface area contributed by atoms with Crippen LogP contribution in [-0.2, 0) is 16.9 Å². The minimum Gasteiger partial charge on any atom is -0.481 e. The zero-order valence-corrected chi connectivity index (χ0v) is 9.60. The Morgan fingerprint density at radius 3 is 3.00 bits per heavy atom. The molecule has 1 fully saturated rings. The first kappa shape index (κ1) is 11.5. The number of thioether (sulfide) groups is 1. The average molecular weight is 240 g/mol. The Labute approximate surface area is 97.9 Å². The van der Waals surface area contributed by atoms with Gasteiger partial charge in [-0.1, -0.05) is 24.3 Å². The summed E-state index contributed by atoms with van der Waals surface area (Å²) in [4.78, 5) is 10.6. The van der Waals surface area contributed by atoms with Crippen LogP contribution in [-0.4, -0.2) is 22.6 Å². The maximum Gasteiger partial charge on any atom is 0.307 e. The van der Waals surface area contributed by atoms with Crippen molar-refractivity contribution in [2.75, 3.05) is 11.5 Å². The van der Waals surface area contributed by atoms with Crippen LogP contribution in [0.15, 0.2) is 24.3 Å². The highest BCUT2D eigenvalue weighted by atomic mass is 32.2. The van der Waals surface area contributed by atoms with E-state index in [2.05, 4.69) is 0 Å². The van der Waals surface area contributed by atoms with E-state index in [-0.39, 0.29) is 6.42 Å². The molecule has 1 unspecified atom stereocenters. The summed E-state index contributed by atoms with van der Waals surface area (Å²) in [6.45, 7) is 0. The molecule has 0 amide bonds. The number of aliphatic carboxylic acids is 1. The molecule has 0 aliphatic carbocycles. The molecule has 0 saturated carbocycles. The SMILES string of the molecule is O=C(O)Cc1cccc(C2(F)CCSC2)c1. The van der Waals surface area contributed by atoms with Crippen molar-refractivity contribution in [1.29, 1.82) is 0 Å². The molecule has 1 aliphatic heterocycles. The van der Waals surface area contributed by atoms with Gasteiger partial charge >= 0.3 is 5.97 Å². The topological polar surface area (TPSA) is 37.3 Å². The van der Waals surface area contributed by atoms with Gasteiger partial charge in [0.15, 0.2) is 0 Å². The summed E-state index contributed by atoms with van der Waals surface area (Å²) in [5.74, 6) is 0.425. The third-order valence-corrected chi connectivity index (χ3v) is 3.93. The van der Waals surface area contributed by atoms with Gasteiger partial charge < -0.3 is 5.11 Å². The Balaban J connectivity index is 2.24. The largest absolute Gasteiger partial charge is 0.481 e. The fraction of sp³-hybridized carbons (Fsp3) is 0.417. The molecular formula is C12H13FO2S. The van der Waals surface area contributed by atoms with Crippen LogP contribution in [0.1, 0.15) is 17.5 Å². The van der Waals surface area contributed by atoms with E-state index in [0.717, 1.165) is 5.75 Å². The maximum absolute atomic E-state index is 14.4. The van der Waals surface area contributed by atoms with E-state index in [9.17, 15) is 9.18 Å². The molecule has 0 radical (unpaired) electrons. The molecule has 1 heterocycles. The number of benzene rings is 1. The highest BCUT2D eigenvalue weighted by molar-refractivity contribution is 7.99. The lowest BCUT2D eigenvalue weighted by molar-refractivity contribution is -0.136. The van der Waals surface area contributed by atoms with Gasteiger partial charge in [-0.05, 0) is 23.3 Å². The Hall–Kier alpha value is -1.03. The summed E-state index contributed by atoms with van der Waals surface area (Å²) in [5, 5.41) is 8.69. The maximum atomic E-state index is 14.4. The van der Waals surface area contributed by atoms with Gasteiger partial charge in [0.1, 0.15) is 5.67 Å². The normalized spacial score (nSPS) is 24.6. The Bertz CT molecular complexity index is 400. The Morgan fingerprint density at radius 2 is 2.38 bits per heavy atom. The number of carbonyl (C=O) groups is 1. The van der Waals surface area contributed by atoms with Gasteiger partial charge in [-0.3, -0.25) is 4.79 Å². The molecule has 86 valence electrons. The number of hydrogen-bond acceptors (Lipinski definition) is 2. The van der Waals surface area contributed by atoms with E-state index in [0.29, 0.717) is 23.3 Å². The summed E-state index contributed by atoms with van der Waals surface area (Å²) in [5.41, 5.74) is 0.0225. The summed E-state index contributed by atoms with van der Waals surface area (Å²) in [6, 6.07) is 6.89. The molecule has 2 rings (SSSR count). The molecule has 1 atom stereocenters. The molecule has 1 saturated heterocycles. The molecule has 1 aliphatic rings. The van der Waals surface area contributed by atoms with Gasteiger partial charge in [0, 0.05) is 5.75 Å². The van der Waals surface area contributed by atoms with E-state index < -0.39 is 11.6 Å². The number of alkyl halides is 1. The molecule has 1 N–H and O–H groups in total. The van der Waals surface area contributed by atoms with Crippen molar-refractivity contribution in [1.82, 2.24) is 0 Å². The van der Waals surface area contributed by atoms with Gasteiger partial charge in [0.2, 0.25) is 0 Å². The van der Waals surface area contributed by atoms with E-state index in [1.807, 2.05) is 0 Å². The van der Waals surface area contributed by atoms with Crippen LogP contribution < -0.4 is 0 Å². The van der Waals surface area contributed by atoms with E-state index in [4.69, 9.17) is 5.11 Å². The lowest BCUT2D eigenvalue weighted by Gasteiger charge is -2.19. The smallest absolute Gasteiger partial charge is 0.307 e. The van der Waals surface area contributed by atoms with Crippen molar-refractivity contribution in [3.8, 4) is 0 Å². The quantitative estimate of drug-likeness (QED) is 0.882. The number of rotatable bonds is 3. The van der Waals surface area contributed by atoms with Crippen molar-refractivity contribution < 1.29 is 14.3 Å². The van der Waals surface area contributed by atoms with Crippen LogP contribution in [0.2, 0.25) is 0 Å². The summed E-state index contributed by atoms with van der Waals surface area (Å²) in [7, 11) is 0. The first-order valence-electron chi connectivity index (χ1n) is 5.18. The van der Waals surface area contributed by atoms with E-state index >= 15 is 0 Å². The zero-order valence-electron chi connectivity index (χ0n) is 8.78. The molecule has 1 aromatic rings. The molecule has 2 nitrogen and oxygen atoms in total. The number of halogens is 1. The lowest BCUT2D eigenvalue weighted by Crippen LogP contribution is -2.19. The highest BCUT2D eigenvalue weighted by Gasteiger charge is 2.36. The van der Waals surface area contributed by atoms with Crippen LogP contribution in [0.25, 0.3) is 0 Å². The molecule has 0 spiro atoms. The number of carboxylic acid groups (broad SMARTS) is 1. The van der Waals surface area contributed by atoms with Crippen molar-refractivity contribution in [3.63, 3.8) is 0 Å². The first-order valence-corrected chi connectivity index (χ1v) is 6.33. The summed E-state index contributed by atoms with van der Waals surface area (Å²) < 4.78 is 14.4. The lowest BCUT2D eigenvalue weighted by atomic mass is 9.93. The minimum atomic E-state index is -1.26. The van der Waals surface area contributed by atoms with Gasteiger partial charge in [-0.2, -0.15) is 11.8 Å². The molecule has 0 bridgehead atoms. The predicted molar refractivity (Wildman–Crippen MR) is 62.5 cm³/mol. The van der Waals surface area contributed by atoms with E-state index in [1.54, 1.807) is 36.0 Å². The standard InChI is InChI=1S/C12H13FO2S/c13-12(4-5-16-8-12)10-3-1-2-9(6-10)7-11(14)15/h1-3,6H,4-5,7-8H2,(H,14,15). The van der Waals surface area contributed by atoms with Crippen LogP contribution in [0, 0.1) is 0 Å². The van der Waals surface area contributed by atoms with Crippen molar-refractivity contribution in [3.05, 3.63) is 35.4 Å². The Morgan fingerprint density at radius 1 is 1.56 bits per heavy atom. The molecule has 0 aromatic heterocycles. The first-order chi connectivity index (χ1) is 7.60. The number of hydrogen-bond donors (Lipinski definition) is 1. The van der Waals surface area contributed by atoms with Crippen molar-refractivity contribution >= 4 is 17.7 Å². The second-order valence-corrected chi connectivity index (χ2v) is 5.14. The van der Waals surface area contributed by atoms with Gasteiger partial charge in [0.05, 0.1) is 6.42 Å². The molecule has 1 aromatic carbocycles. The minimum absolute atomic E-state index is 0.0446. The highest BCUT2D eigenvalue weighted by Crippen LogP contribution is 2.40. The molecular weight excluding hydrogens is 227 g/mol. The zero-order chi connectivity index (χ0) is 11.6. The molecule has 16 heavy (non-hydrogen) atoms. The second-order valence-electron chi connectivity index (χ2n) is 4.04. The van der Waals surface area contributed by atoms with Crippen molar-refractivity contribution in [2.45, 2.75) is 18.5 Å². The van der Waals surface area contributed by atoms with Gasteiger partial charge in [-0.15, -0.1) is 0 Å². The second kappa shape index (κ2) is 4.45. The van der Waals surface area contributed by atoms with Crippen molar-refractivity contribution in [2.24, 2.45) is 0 Å². The van der Waals surface area contributed by atoms with Gasteiger partial charge in [0.25, 0.3) is 0 Å². The third kappa shape index (κ3) is 2.38. The van der Waals surface area contributed by atoms with Gasteiger partial charge in [-0.25, -0.2) is 4.39 Å². The average Bonchev–Trinajstić information content (AvgIpc) is 2.66. The molecule has 4 heteroatoms. The van der Waals surface area contributed by atoms with Crippen LogP contribution in [0.4, 0.5) is 4.39 Å². The van der Waals surface area contributed by atoms with Crippen LogP contribution >= 0.6 is 11.8 Å². The van der Waals surface area contributed by atoms with Crippen LogP contribution in [0.3, 0.4) is 0 Å². The summed E-state index contributed by atoms with van der Waals surface area (Å²) >= 11 is 1.60. The third-order valence-electron chi connectivity index (χ3n) is 2.77. The predicted octanol–water partition coefficient (Wildman–Crippen LogP) is 2.62. The monoisotopic (exact) mass is 240 g/mol. The fourth-order valence-corrected chi connectivity index (χ4v) is 3.15. The fourth-order valence-electron chi connectivity index (χ4n) is 1.90. The van der Waals surface area contributed by atoms with E-state index in [1.165, 1.54) is 0 Å². The Kier molecular flexibility index (Phi) is 3.19. The number of carboxylic acids is 1.